The Balaban J connectivity index is 1.57. The van der Waals surface area contributed by atoms with Gasteiger partial charge in [-0.1, -0.05) is 30.0 Å². The summed E-state index contributed by atoms with van der Waals surface area (Å²) < 4.78 is 7.08. The first kappa shape index (κ1) is 19.4. The molecule has 3 rings (SSSR count). The van der Waals surface area contributed by atoms with Crippen LogP contribution < -0.4 is 5.32 Å². The zero-order valence-electron chi connectivity index (χ0n) is 15.4. The molecule has 144 valence electrons. The molecule has 8 nitrogen and oxygen atoms in total. The molecule has 1 atom stereocenters. The van der Waals surface area contributed by atoms with Crippen molar-refractivity contribution in [3.8, 4) is 0 Å². The Labute approximate surface area is 162 Å². The molecule has 2 heterocycles. The van der Waals surface area contributed by atoms with Crippen LogP contribution in [0, 0.1) is 0 Å². The number of ether oxygens (including phenoxy) is 1. The van der Waals surface area contributed by atoms with Crippen molar-refractivity contribution in [2.24, 2.45) is 7.05 Å². The number of carbonyl (C=O) groups excluding carboxylic acids is 2. The predicted octanol–water partition coefficient (Wildman–Crippen LogP) is 1.26. The highest BCUT2D eigenvalue weighted by Crippen LogP contribution is 2.20. The van der Waals surface area contributed by atoms with E-state index in [-0.39, 0.29) is 17.9 Å². The quantitative estimate of drug-likeness (QED) is 0.748. The molecule has 1 aromatic heterocycles. The van der Waals surface area contributed by atoms with Crippen molar-refractivity contribution in [1.29, 1.82) is 0 Å². The van der Waals surface area contributed by atoms with Gasteiger partial charge in [-0.25, -0.2) is 0 Å². The highest BCUT2D eigenvalue weighted by molar-refractivity contribution is 7.99. The van der Waals surface area contributed by atoms with Gasteiger partial charge >= 0.3 is 0 Å². The van der Waals surface area contributed by atoms with Gasteiger partial charge in [0, 0.05) is 25.7 Å². The van der Waals surface area contributed by atoms with Crippen LogP contribution in [0.3, 0.4) is 0 Å². The number of carbonyl (C=O) groups is 2. The van der Waals surface area contributed by atoms with Crippen molar-refractivity contribution in [3.63, 3.8) is 0 Å². The third-order valence-electron chi connectivity index (χ3n) is 4.33. The van der Waals surface area contributed by atoms with Crippen molar-refractivity contribution in [3.05, 3.63) is 41.7 Å². The molecular formula is C18H23N5O3S. The zero-order valence-corrected chi connectivity index (χ0v) is 16.2. The molecule has 1 aliphatic rings. The van der Waals surface area contributed by atoms with Gasteiger partial charge in [-0.15, -0.1) is 10.2 Å². The Morgan fingerprint density at radius 1 is 1.22 bits per heavy atom. The molecule has 0 radical (unpaired) electrons. The normalized spacial score (nSPS) is 15.4. The largest absolute Gasteiger partial charge is 0.378 e. The fourth-order valence-electron chi connectivity index (χ4n) is 2.79. The van der Waals surface area contributed by atoms with Crippen LogP contribution in [0.5, 0.6) is 0 Å². The van der Waals surface area contributed by atoms with E-state index in [1.54, 1.807) is 17.0 Å². The maximum absolute atomic E-state index is 12.3. The zero-order chi connectivity index (χ0) is 19.2. The first-order valence-electron chi connectivity index (χ1n) is 8.80. The molecule has 0 aliphatic carbocycles. The molecule has 1 fully saturated rings. The summed E-state index contributed by atoms with van der Waals surface area (Å²) in [5.41, 5.74) is 0.595. The predicted molar refractivity (Wildman–Crippen MR) is 101 cm³/mol. The van der Waals surface area contributed by atoms with Crippen LogP contribution in [-0.4, -0.2) is 63.5 Å². The molecule has 0 bridgehead atoms. The molecule has 27 heavy (non-hydrogen) atoms. The summed E-state index contributed by atoms with van der Waals surface area (Å²) in [7, 11) is 1.84. The molecule has 1 aliphatic heterocycles. The van der Waals surface area contributed by atoms with E-state index in [9.17, 15) is 9.59 Å². The maximum atomic E-state index is 12.3. The van der Waals surface area contributed by atoms with Crippen molar-refractivity contribution < 1.29 is 14.3 Å². The molecular weight excluding hydrogens is 366 g/mol. The average molecular weight is 389 g/mol. The van der Waals surface area contributed by atoms with Gasteiger partial charge in [-0.05, 0) is 19.1 Å². The van der Waals surface area contributed by atoms with Gasteiger partial charge in [-0.3, -0.25) is 9.59 Å². The van der Waals surface area contributed by atoms with E-state index in [1.165, 1.54) is 11.8 Å². The number of hydrogen-bond donors (Lipinski definition) is 1. The van der Waals surface area contributed by atoms with Crippen molar-refractivity contribution in [2.45, 2.75) is 18.1 Å². The number of nitrogens with zero attached hydrogens (tertiary/aromatic N) is 4. The number of rotatable bonds is 6. The lowest BCUT2D eigenvalue weighted by Crippen LogP contribution is -2.41. The fraction of sp³-hybridized carbons (Fsp3) is 0.444. The third kappa shape index (κ3) is 4.86. The highest BCUT2D eigenvalue weighted by Gasteiger charge is 2.21. The van der Waals surface area contributed by atoms with E-state index in [0.29, 0.717) is 48.6 Å². The summed E-state index contributed by atoms with van der Waals surface area (Å²) in [4.78, 5) is 26.4. The number of aromatic nitrogens is 3. The maximum Gasteiger partial charge on any atom is 0.251 e. The first-order chi connectivity index (χ1) is 13.1. The Kier molecular flexibility index (Phi) is 6.46. The van der Waals surface area contributed by atoms with E-state index >= 15 is 0 Å². The number of morpholine rings is 1. The molecule has 2 amide bonds. The third-order valence-corrected chi connectivity index (χ3v) is 5.33. The topological polar surface area (TPSA) is 89.3 Å². The SMILES string of the molecule is CC(NC(=O)c1ccccc1)c1nnc(SCC(=O)N2CCOCC2)n1C. The van der Waals surface area contributed by atoms with Crippen LogP contribution in [0.2, 0.25) is 0 Å². The van der Waals surface area contributed by atoms with Crippen LogP contribution in [0.15, 0.2) is 35.5 Å². The molecule has 1 saturated heterocycles. The van der Waals surface area contributed by atoms with Crippen LogP contribution in [-0.2, 0) is 16.6 Å². The number of hydrogen-bond acceptors (Lipinski definition) is 6. The minimum absolute atomic E-state index is 0.0679. The van der Waals surface area contributed by atoms with E-state index in [2.05, 4.69) is 15.5 Å². The molecule has 1 aromatic carbocycles. The van der Waals surface area contributed by atoms with Crippen LogP contribution in [0.25, 0.3) is 0 Å². The minimum Gasteiger partial charge on any atom is -0.378 e. The van der Waals surface area contributed by atoms with Gasteiger partial charge in [0.1, 0.15) is 0 Å². The second-order valence-corrected chi connectivity index (χ2v) is 7.19. The van der Waals surface area contributed by atoms with Gasteiger partial charge in [0.25, 0.3) is 5.91 Å². The van der Waals surface area contributed by atoms with Gasteiger partial charge < -0.3 is 19.5 Å². The van der Waals surface area contributed by atoms with Crippen LogP contribution >= 0.6 is 11.8 Å². The van der Waals surface area contributed by atoms with Crippen molar-refractivity contribution in [1.82, 2.24) is 25.0 Å². The second kappa shape index (κ2) is 9.01. The smallest absolute Gasteiger partial charge is 0.251 e. The van der Waals surface area contributed by atoms with Gasteiger partial charge in [0.15, 0.2) is 11.0 Å². The summed E-state index contributed by atoms with van der Waals surface area (Å²) in [6.45, 7) is 4.29. The number of amides is 2. The Morgan fingerprint density at radius 3 is 2.63 bits per heavy atom. The van der Waals surface area contributed by atoms with E-state index in [0.717, 1.165) is 0 Å². The van der Waals surface area contributed by atoms with E-state index < -0.39 is 0 Å². The first-order valence-corrected chi connectivity index (χ1v) is 9.78. The molecule has 0 spiro atoms. The van der Waals surface area contributed by atoms with Crippen LogP contribution in [0.4, 0.5) is 0 Å². The summed E-state index contributed by atoms with van der Waals surface area (Å²) in [6.07, 6.45) is 0. The van der Waals surface area contributed by atoms with Gasteiger partial charge in [-0.2, -0.15) is 0 Å². The fourth-order valence-corrected chi connectivity index (χ4v) is 3.61. The standard InChI is InChI=1S/C18H23N5O3S/c1-13(19-17(25)14-6-4-3-5-7-14)16-20-21-18(22(16)2)27-12-15(24)23-8-10-26-11-9-23/h3-7,13H,8-12H2,1-2H3,(H,19,25). The minimum atomic E-state index is -0.306. The Bertz CT molecular complexity index is 790. The van der Waals surface area contributed by atoms with E-state index in [4.69, 9.17) is 4.74 Å². The summed E-state index contributed by atoms with van der Waals surface area (Å²) >= 11 is 1.35. The van der Waals surface area contributed by atoms with Gasteiger partial charge in [0.05, 0.1) is 25.0 Å². The highest BCUT2D eigenvalue weighted by atomic mass is 32.2. The van der Waals surface area contributed by atoms with Crippen molar-refractivity contribution in [2.75, 3.05) is 32.1 Å². The number of benzene rings is 1. The second-order valence-electron chi connectivity index (χ2n) is 6.24. The average Bonchev–Trinajstić information content (AvgIpc) is 3.08. The van der Waals surface area contributed by atoms with Crippen molar-refractivity contribution >= 4 is 23.6 Å². The summed E-state index contributed by atoms with van der Waals surface area (Å²) in [6, 6.07) is 8.73. The lowest BCUT2D eigenvalue weighted by Gasteiger charge is -2.26. The lowest BCUT2D eigenvalue weighted by atomic mass is 10.2. The Morgan fingerprint density at radius 2 is 1.93 bits per heavy atom. The lowest BCUT2D eigenvalue weighted by molar-refractivity contribution is -0.132. The van der Waals surface area contributed by atoms with E-state index in [1.807, 2.05) is 36.7 Å². The molecule has 1 N–H and O–H groups in total. The molecule has 0 saturated carbocycles. The summed E-state index contributed by atoms with van der Waals surface area (Å²) in [5.74, 6) is 0.846. The molecule has 1 unspecified atom stereocenters. The molecule has 9 heteroatoms. The van der Waals surface area contributed by atoms with Gasteiger partial charge in [0.2, 0.25) is 5.91 Å². The number of thioether (sulfide) groups is 1. The summed E-state index contributed by atoms with van der Waals surface area (Å²) in [5, 5.41) is 11.9. The monoisotopic (exact) mass is 389 g/mol. The molecule has 2 aromatic rings. The van der Waals surface area contributed by atoms with Crippen LogP contribution in [0.1, 0.15) is 29.1 Å². The Hall–Kier alpha value is -2.39. The number of nitrogens with one attached hydrogen (secondary N) is 1.